The number of amides is 1. The van der Waals surface area contributed by atoms with Crippen molar-refractivity contribution >= 4 is 88.7 Å². The molecule has 0 spiro atoms. The highest BCUT2D eigenvalue weighted by atomic mass is 32.2. The van der Waals surface area contributed by atoms with Gasteiger partial charge in [0.05, 0.1) is 41.5 Å². The van der Waals surface area contributed by atoms with Gasteiger partial charge in [-0.1, -0.05) is 19.9 Å². The molecule has 2 aliphatic carbocycles. The van der Waals surface area contributed by atoms with Gasteiger partial charge >= 0.3 is 11.9 Å². The molecule has 0 aromatic heterocycles. The SMILES string of the molecule is CC1(C)C(=CC=C2CCCC(C=CC3=[N+](CCCCS(=O)(=O)[O-])c4ccc(S(=O)(=O)[O-])cc4C3(C)C)=C2OC2CCC(CCC(=O)NC(CCP(=O)(O)CC(CCC(=O)O)C(=O)[O-])C(=O)O)CC2)N(CCCCS(=O)(=O)[O-])c2ccc(S(=O)(=O)O)cc21. The number of anilines is 1. The number of allylic oxidation sites excluding steroid dienone is 7. The maximum absolute atomic E-state index is 13.2. The van der Waals surface area contributed by atoms with Gasteiger partial charge in [-0.25, -0.2) is 30.0 Å². The second-order valence-electron chi connectivity index (χ2n) is 23.7. The lowest BCUT2D eigenvalue weighted by atomic mass is 9.81. The highest BCUT2D eigenvalue weighted by molar-refractivity contribution is 7.86. The summed E-state index contributed by atoms with van der Waals surface area (Å²) in [6.07, 6.45) is 8.81. The average Bonchev–Trinajstić information content (AvgIpc) is 1.61. The van der Waals surface area contributed by atoms with Crippen molar-refractivity contribution in [3.05, 3.63) is 94.4 Å². The summed E-state index contributed by atoms with van der Waals surface area (Å²) >= 11 is 0. The Hall–Kier alpha value is -5.62. The molecular weight excluding hydrogens is 1240 g/mol. The fourth-order valence-electron chi connectivity index (χ4n) is 11.8. The molecule has 0 radical (unpaired) electrons. The van der Waals surface area contributed by atoms with Gasteiger partial charge in [-0.2, -0.15) is 13.0 Å². The third-order valence-electron chi connectivity index (χ3n) is 16.5. The van der Waals surface area contributed by atoms with Crippen LogP contribution >= 0.6 is 7.37 Å². The van der Waals surface area contributed by atoms with E-state index in [1.165, 1.54) is 30.3 Å². The first-order valence-corrected chi connectivity index (χ1v) is 36.6. The van der Waals surface area contributed by atoms with Crippen LogP contribution in [0, 0.1) is 11.8 Å². The molecule has 1 amide bonds. The fourth-order valence-corrected chi connectivity index (χ4v) is 15.8. The first-order chi connectivity index (χ1) is 40.3. The molecule has 6 rings (SSSR count). The van der Waals surface area contributed by atoms with Gasteiger partial charge in [-0.3, -0.25) is 18.7 Å². The normalized spacial score (nSPS) is 21.2. The van der Waals surface area contributed by atoms with Crippen LogP contribution in [0.5, 0.6) is 0 Å². The van der Waals surface area contributed by atoms with E-state index in [9.17, 15) is 90.7 Å². The van der Waals surface area contributed by atoms with E-state index in [1.807, 2.05) is 61.5 Å². The fraction of sp³-hybridized carbons (Fsp3) is 0.561. The van der Waals surface area contributed by atoms with Gasteiger partial charge in [0.15, 0.2) is 5.71 Å². The molecule has 482 valence electrons. The first-order valence-electron chi connectivity index (χ1n) is 28.5. The number of hydrogen-bond donors (Lipinski definition) is 5. The van der Waals surface area contributed by atoms with Crippen molar-refractivity contribution in [1.82, 2.24) is 5.32 Å². The van der Waals surface area contributed by atoms with Crippen LogP contribution in [0.4, 0.5) is 11.4 Å². The molecule has 3 unspecified atom stereocenters. The molecule has 0 bridgehead atoms. The summed E-state index contributed by atoms with van der Waals surface area (Å²) in [4.78, 5) is 59.5. The number of hydrogen-bond acceptors (Lipinski definition) is 19. The van der Waals surface area contributed by atoms with E-state index in [0.29, 0.717) is 91.0 Å². The van der Waals surface area contributed by atoms with Crippen molar-refractivity contribution in [3.63, 3.8) is 0 Å². The third-order valence-corrected chi connectivity index (χ3v) is 21.8. The molecule has 25 nitrogen and oxygen atoms in total. The van der Waals surface area contributed by atoms with Gasteiger partial charge < -0.3 is 53.6 Å². The smallest absolute Gasteiger partial charge is 0.326 e. The maximum atomic E-state index is 13.2. The van der Waals surface area contributed by atoms with Gasteiger partial charge in [-0.15, -0.1) is 0 Å². The Morgan fingerprint density at radius 3 is 2.03 bits per heavy atom. The number of carbonyl (C=O) groups excluding carboxylic acids is 2. The molecule has 0 saturated heterocycles. The number of unbranched alkanes of at least 4 members (excludes halogenated alkanes) is 2. The number of rotatable bonds is 31. The number of nitrogens with zero attached hydrogens (tertiary/aromatic N) is 2. The lowest BCUT2D eigenvalue weighted by molar-refractivity contribution is -0.438. The number of nitrogens with one attached hydrogen (secondary N) is 1. The number of ether oxygens (including phenoxy) is 1. The number of fused-ring (bicyclic) bond motifs is 2. The second kappa shape index (κ2) is 28.5. The van der Waals surface area contributed by atoms with Crippen LogP contribution in [0.3, 0.4) is 0 Å². The van der Waals surface area contributed by atoms with Crippen LogP contribution in [0.15, 0.2) is 93.1 Å². The summed E-state index contributed by atoms with van der Waals surface area (Å²) in [5, 5.41) is 32.7. The molecule has 87 heavy (non-hydrogen) atoms. The van der Waals surface area contributed by atoms with Crippen LogP contribution < -0.4 is 15.3 Å². The Morgan fingerprint density at radius 2 is 1.44 bits per heavy atom. The van der Waals surface area contributed by atoms with Crippen molar-refractivity contribution in [2.45, 2.75) is 163 Å². The van der Waals surface area contributed by atoms with Crippen molar-refractivity contribution in [2.75, 3.05) is 41.8 Å². The number of benzene rings is 2. The first kappa shape index (κ1) is 70.5. The average molecular weight is 1310 g/mol. The Labute approximate surface area is 507 Å². The standard InChI is InChI=1S/C57H78N3O22PS4/c1-56(2)44-34-42(86(76,77)78)20-22-47(44)59(29-5-7-32-84(70,71)72)49(56)24-15-38-10-9-11-39(16-25-50-57(3,4)45-35-43(87(79,80)81)21-23-48(45)60(50)30-6-8-33-85(73,74)75)53(38)82-41-18-12-37(13-19-41)14-26-51(61)58-46(55(66)67)28-31-83(68,69)36-40(54(64)65)17-27-52(62)63/h15-16,20-25,34-35,37,40-41,46H,5-14,17-19,26-33,36H2,1-4H3,(H8-,58,61,62,63,64,65,66,67,68,69,70,71,72,73,74,75,76,77,78,79,80,81)/p-3. The number of aliphatic carboxylic acids is 3. The lowest BCUT2D eigenvalue weighted by Crippen LogP contribution is -2.41. The zero-order chi connectivity index (χ0) is 64.7. The van der Waals surface area contributed by atoms with Crippen LogP contribution in [0.1, 0.15) is 142 Å². The molecule has 2 aliphatic heterocycles. The number of carbonyl (C=O) groups is 4. The van der Waals surface area contributed by atoms with E-state index >= 15 is 0 Å². The van der Waals surface area contributed by atoms with Gasteiger partial charge in [0, 0.05) is 96.0 Å². The minimum absolute atomic E-state index is 0.00451. The Bertz CT molecular complexity index is 3660. The topological polar surface area (TPSA) is 423 Å². The minimum atomic E-state index is -4.87. The zero-order valence-electron chi connectivity index (χ0n) is 48.8. The van der Waals surface area contributed by atoms with E-state index in [2.05, 4.69) is 5.32 Å². The van der Waals surface area contributed by atoms with Crippen LogP contribution in [-0.4, -0.2) is 150 Å². The predicted octanol–water partition coefficient (Wildman–Crippen LogP) is 5.28. The highest BCUT2D eigenvalue weighted by Gasteiger charge is 2.45. The number of carboxylic acids is 3. The van der Waals surface area contributed by atoms with Gasteiger partial charge in [0.1, 0.15) is 28.5 Å². The zero-order valence-corrected chi connectivity index (χ0v) is 52.9. The molecule has 3 atom stereocenters. The molecule has 2 heterocycles. The second-order valence-corrected chi connectivity index (χ2v) is 32.0. The summed E-state index contributed by atoms with van der Waals surface area (Å²) in [5.41, 5.74) is 3.26. The monoisotopic (exact) mass is 1310 g/mol. The summed E-state index contributed by atoms with van der Waals surface area (Å²) in [7, 11) is -22.9. The molecule has 30 heteroatoms. The largest absolute Gasteiger partial charge is 0.748 e. The highest BCUT2D eigenvalue weighted by Crippen LogP contribution is 2.50. The van der Waals surface area contributed by atoms with Crippen molar-refractivity contribution in [2.24, 2.45) is 11.8 Å². The van der Waals surface area contributed by atoms with Crippen molar-refractivity contribution in [3.8, 4) is 0 Å². The number of carboxylic acid groups (broad SMARTS) is 3. The minimum Gasteiger partial charge on any atom is -0.748 e. The van der Waals surface area contributed by atoms with E-state index in [1.54, 1.807) is 6.07 Å². The predicted molar refractivity (Wildman–Crippen MR) is 313 cm³/mol. The Morgan fingerprint density at radius 1 is 0.805 bits per heavy atom. The molecular formula is C57H75N3O22PS4-3. The molecule has 5 N–H and O–H groups in total. The molecule has 1 fully saturated rings. The molecule has 2 aromatic rings. The van der Waals surface area contributed by atoms with E-state index in [0.717, 1.165) is 11.1 Å². The van der Waals surface area contributed by atoms with Gasteiger partial charge in [0.25, 0.3) is 10.1 Å². The Balaban J connectivity index is 1.30. The van der Waals surface area contributed by atoms with Gasteiger partial charge in [0.2, 0.25) is 19.0 Å². The van der Waals surface area contributed by atoms with E-state index in [-0.39, 0.29) is 62.1 Å². The lowest BCUT2D eigenvalue weighted by Gasteiger charge is -2.32. The third kappa shape index (κ3) is 19.4. The van der Waals surface area contributed by atoms with Crippen LogP contribution in [-0.2, 0) is 79.8 Å². The quantitative estimate of drug-likeness (QED) is 0.0277. The summed E-state index contributed by atoms with van der Waals surface area (Å²) < 4.78 is 163. The summed E-state index contributed by atoms with van der Waals surface area (Å²) in [6, 6.07) is 6.65. The van der Waals surface area contributed by atoms with Crippen LogP contribution in [0.2, 0.25) is 0 Å². The maximum Gasteiger partial charge on any atom is 0.326 e. The molecule has 2 aromatic carbocycles. The molecule has 4 aliphatic rings. The Kier molecular flexibility index (Phi) is 23.1. The van der Waals surface area contributed by atoms with Gasteiger partial charge in [-0.05, 0) is 162 Å². The van der Waals surface area contributed by atoms with E-state index in [4.69, 9.17) is 9.84 Å². The summed E-state index contributed by atoms with van der Waals surface area (Å²) in [6.45, 7) is 7.88. The van der Waals surface area contributed by atoms with Crippen LogP contribution in [0.25, 0.3) is 0 Å². The van der Waals surface area contributed by atoms with Crippen molar-refractivity contribution < 1.29 is 105 Å². The summed E-state index contributed by atoms with van der Waals surface area (Å²) in [5.74, 6) is -7.38. The van der Waals surface area contributed by atoms with E-state index < -0.39 is 142 Å². The van der Waals surface area contributed by atoms with Crippen molar-refractivity contribution in [1.29, 1.82) is 0 Å². The molecule has 1 saturated carbocycles.